The number of nitrogens with zero attached hydrogens (tertiary/aromatic N) is 1. The Balaban J connectivity index is 0.00000208. The Morgan fingerprint density at radius 1 is 1.50 bits per heavy atom. The van der Waals surface area contributed by atoms with Gasteiger partial charge in [-0.15, -0.1) is 24.0 Å². The smallest absolute Gasteiger partial charge is 0.193 e. The second-order valence-electron chi connectivity index (χ2n) is 6.71. The molecule has 1 heterocycles. The summed E-state index contributed by atoms with van der Waals surface area (Å²) in [5.41, 5.74) is 6.91. The number of methoxy groups -OCH3 is 1. The van der Waals surface area contributed by atoms with Crippen molar-refractivity contribution in [1.29, 1.82) is 0 Å². The van der Waals surface area contributed by atoms with Gasteiger partial charge in [-0.1, -0.05) is 18.5 Å². The Hall–Kier alpha value is -0.730. The molecule has 1 aliphatic carbocycles. The minimum Gasteiger partial charge on any atom is -0.495 e. The van der Waals surface area contributed by atoms with Crippen molar-refractivity contribution < 1.29 is 9.47 Å². The number of hydrogen-bond donors (Lipinski definition) is 2. The second kappa shape index (κ2) is 8.10. The van der Waals surface area contributed by atoms with E-state index in [0.717, 1.165) is 18.7 Å². The van der Waals surface area contributed by atoms with Gasteiger partial charge in [-0.25, -0.2) is 0 Å². The predicted molar refractivity (Wildman–Crippen MR) is 109 cm³/mol. The Labute approximate surface area is 165 Å². The molecule has 0 spiro atoms. The van der Waals surface area contributed by atoms with Crippen LogP contribution in [0.1, 0.15) is 26.2 Å². The van der Waals surface area contributed by atoms with Crippen LogP contribution in [0.3, 0.4) is 0 Å². The monoisotopic (exact) mass is 465 g/mol. The molecule has 0 aromatic heterocycles. The number of nitrogens with one attached hydrogen (secondary N) is 1. The molecule has 2 aliphatic rings. The summed E-state index contributed by atoms with van der Waals surface area (Å²) in [7, 11) is 1.59. The van der Waals surface area contributed by atoms with E-state index in [1.807, 2.05) is 6.07 Å². The van der Waals surface area contributed by atoms with Crippen molar-refractivity contribution in [3.63, 3.8) is 0 Å². The highest BCUT2D eigenvalue weighted by Gasteiger charge is 2.47. The number of rotatable bonds is 5. The van der Waals surface area contributed by atoms with Gasteiger partial charge in [-0.3, -0.25) is 4.99 Å². The highest BCUT2D eigenvalue weighted by Crippen LogP contribution is 2.47. The highest BCUT2D eigenvalue weighted by molar-refractivity contribution is 14.0. The molecule has 5 nitrogen and oxygen atoms in total. The second-order valence-corrected chi connectivity index (χ2v) is 7.12. The van der Waals surface area contributed by atoms with E-state index in [-0.39, 0.29) is 29.4 Å². The lowest BCUT2D eigenvalue weighted by atomic mass is 9.81. The molecule has 2 unspecified atom stereocenters. The fourth-order valence-corrected chi connectivity index (χ4v) is 3.49. The first kappa shape index (κ1) is 19.6. The molecule has 1 aromatic rings. The summed E-state index contributed by atoms with van der Waals surface area (Å²) < 4.78 is 11.1. The standard InChI is InChI=1S/C17H24ClN3O2.HI/c1-17(7-8-23-15(17)11-3-4-11)10-20-16(19)21-12-5-6-14(22-2)13(18)9-12;/h5-6,9,11,15H,3-4,7-8,10H2,1-2H3,(H3,19,20,21);1H. The Morgan fingerprint density at radius 2 is 2.25 bits per heavy atom. The van der Waals surface area contributed by atoms with Crippen molar-refractivity contribution in [2.75, 3.05) is 25.6 Å². The van der Waals surface area contributed by atoms with Crippen LogP contribution in [0.4, 0.5) is 5.69 Å². The van der Waals surface area contributed by atoms with E-state index < -0.39 is 0 Å². The van der Waals surface area contributed by atoms with Gasteiger partial charge in [0, 0.05) is 17.7 Å². The number of anilines is 1. The highest BCUT2D eigenvalue weighted by atomic mass is 127. The third-order valence-electron chi connectivity index (χ3n) is 4.74. The fraction of sp³-hybridized carbons (Fsp3) is 0.588. The van der Waals surface area contributed by atoms with Gasteiger partial charge in [0.25, 0.3) is 0 Å². The van der Waals surface area contributed by atoms with E-state index in [0.29, 0.717) is 35.3 Å². The van der Waals surface area contributed by atoms with Crippen LogP contribution in [0.25, 0.3) is 0 Å². The normalized spacial score (nSPS) is 26.8. The largest absolute Gasteiger partial charge is 0.495 e. The summed E-state index contributed by atoms with van der Waals surface area (Å²) in [6.45, 7) is 3.76. The molecule has 7 heteroatoms. The van der Waals surface area contributed by atoms with E-state index in [2.05, 4.69) is 17.2 Å². The van der Waals surface area contributed by atoms with Crippen LogP contribution in [0.2, 0.25) is 5.02 Å². The van der Waals surface area contributed by atoms with Gasteiger partial charge in [0.15, 0.2) is 5.96 Å². The van der Waals surface area contributed by atoms with Crippen LogP contribution in [0.15, 0.2) is 23.2 Å². The SMILES string of the molecule is COc1ccc(NC(N)=NCC2(C)CCOC2C2CC2)cc1Cl.I. The molecular formula is C17H25ClIN3O2. The van der Waals surface area contributed by atoms with Gasteiger partial charge in [0.05, 0.1) is 24.8 Å². The van der Waals surface area contributed by atoms with Gasteiger partial charge in [-0.2, -0.15) is 0 Å². The maximum absolute atomic E-state index is 6.11. The molecule has 134 valence electrons. The molecule has 0 radical (unpaired) electrons. The third kappa shape index (κ3) is 4.46. The van der Waals surface area contributed by atoms with Crippen LogP contribution in [0, 0.1) is 11.3 Å². The van der Waals surface area contributed by atoms with E-state index in [9.17, 15) is 0 Å². The van der Waals surface area contributed by atoms with Gasteiger partial charge in [0.2, 0.25) is 0 Å². The predicted octanol–water partition coefficient (Wildman–Crippen LogP) is 3.90. The quantitative estimate of drug-likeness (QED) is 0.393. The first-order chi connectivity index (χ1) is 11.0. The van der Waals surface area contributed by atoms with Crippen molar-refractivity contribution in [3.8, 4) is 5.75 Å². The molecule has 24 heavy (non-hydrogen) atoms. The van der Waals surface area contributed by atoms with Crippen molar-refractivity contribution in [2.24, 2.45) is 22.1 Å². The molecule has 1 aromatic carbocycles. The topological polar surface area (TPSA) is 68.9 Å². The molecule has 3 N–H and O–H groups in total. The van der Waals surface area contributed by atoms with Gasteiger partial charge in [0.1, 0.15) is 5.75 Å². The van der Waals surface area contributed by atoms with Crippen LogP contribution >= 0.6 is 35.6 Å². The van der Waals surface area contributed by atoms with Crippen LogP contribution < -0.4 is 15.8 Å². The molecule has 1 saturated carbocycles. The lowest BCUT2D eigenvalue weighted by Crippen LogP contribution is -2.34. The summed E-state index contributed by atoms with van der Waals surface area (Å²) in [6.07, 6.45) is 3.93. The molecule has 0 bridgehead atoms. The van der Waals surface area contributed by atoms with Crippen molar-refractivity contribution in [2.45, 2.75) is 32.3 Å². The van der Waals surface area contributed by atoms with Gasteiger partial charge >= 0.3 is 0 Å². The minimum absolute atomic E-state index is 0. The average molecular weight is 466 g/mol. The molecule has 3 rings (SSSR count). The van der Waals surface area contributed by atoms with E-state index >= 15 is 0 Å². The van der Waals surface area contributed by atoms with Crippen molar-refractivity contribution in [3.05, 3.63) is 23.2 Å². The van der Waals surface area contributed by atoms with Gasteiger partial charge in [-0.05, 0) is 43.4 Å². The van der Waals surface area contributed by atoms with Crippen LogP contribution in [-0.2, 0) is 4.74 Å². The molecular weight excluding hydrogens is 441 g/mol. The molecule has 1 aliphatic heterocycles. The first-order valence-electron chi connectivity index (χ1n) is 8.04. The zero-order chi connectivity index (χ0) is 16.4. The molecule has 2 atom stereocenters. The van der Waals surface area contributed by atoms with Crippen LogP contribution in [-0.4, -0.2) is 32.3 Å². The number of benzene rings is 1. The fourth-order valence-electron chi connectivity index (χ4n) is 3.23. The number of nitrogens with two attached hydrogens (primary N) is 1. The summed E-state index contributed by atoms with van der Waals surface area (Å²) in [4.78, 5) is 4.53. The lowest BCUT2D eigenvalue weighted by Gasteiger charge is -2.28. The lowest BCUT2D eigenvalue weighted by molar-refractivity contribution is 0.0425. The van der Waals surface area contributed by atoms with Crippen molar-refractivity contribution >= 4 is 47.2 Å². The minimum atomic E-state index is 0. The maximum atomic E-state index is 6.11. The van der Waals surface area contributed by atoms with Crippen molar-refractivity contribution in [1.82, 2.24) is 0 Å². The van der Waals surface area contributed by atoms with E-state index in [1.54, 1.807) is 19.2 Å². The number of guanidine groups is 1. The molecule has 1 saturated heterocycles. The van der Waals surface area contributed by atoms with E-state index in [4.69, 9.17) is 26.8 Å². The zero-order valence-electron chi connectivity index (χ0n) is 14.0. The molecule has 2 fully saturated rings. The summed E-state index contributed by atoms with van der Waals surface area (Å²) in [5.74, 6) is 1.75. The van der Waals surface area contributed by atoms with Gasteiger partial charge < -0.3 is 20.5 Å². The third-order valence-corrected chi connectivity index (χ3v) is 5.04. The molecule has 0 amide bonds. The maximum Gasteiger partial charge on any atom is 0.193 e. The zero-order valence-corrected chi connectivity index (χ0v) is 17.1. The number of hydrogen-bond acceptors (Lipinski definition) is 3. The summed E-state index contributed by atoms with van der Waals surface area (Å²) >= 11 is 6.11. The number of aliphatic imine (C=N–C) groups is 1. The van der Waals surface area contributed by atoms with E-state index in [1.165, 1.54) is 12.8 Å². The number of halogens is 2. The summed E-state index contributed by atoms with van der Waals surface area (Å²) in [6, 6.07) is 5.43. The van der Waals surface area contributed by atoms with Crippen LogP contribution in [0.5, 0.6) is 5.75 Å². The summed E-state index contributed by atoms with van der Waals surface area (Å²) in [5, 5.41) is 3.62. The average Bonchev–Trinajstić information content (AvgIpc) is 3.28. The Kier molecular flexibility index (Phi) is 6.61. The Bertz CT molecular complexity index is 609. The Morgan fingerprint density at radius 3 is 2.88 bits per heavy atom. The number of ether oxygens (including phenoxy) is 2. The first-order valence-corrected chi connectivity index (χ1v) is 8.42.